The number of benzene rings is 3. The zero-order valence-electron chi connectivity index (χ0n) is 16.3. The summed E-state index contributed by atoms with van der Waals surface area (Å²) in [5.41, 5.74) is 1.27. The summed E-state index contributed by atoms with van der Waals surface area (Å²) in [6.07, 6.45) is 0. The Balaban J connectivity index is 1.95. The van der Waals surface area contributed by atoms with Gasteiger partial charge in [0, 0.05) is 24.2 Å². The van der Waals surface area contributed by atoms with Crippen molar-refractivity contribution in [3.05, 3.63) is 88.5 Å². The molecular formula is C24H20ClNO4. The van der Waals surface area contributed by atoms with Gasteiger partial charge in [-0.15, -0.1) is 0 Å². The van der Waals surface area contributed by atoms with Gasteiger partial charge in [-0.25, -0.2) is 0 Å². The molecule has 3 aromatic carbocycles. The summed E-state index contributed by atoms with van der Waals surface area (Å²) in [6.45, 7) is 0.502. The Morgan fingerprint density at radius 1 is 1.03 bits per heavy atom. The number of ketones is 1. The molecule has 0 spiro atoms. The smallest absolute Gasteiger partial charge is 0.295 e. The molecule has 1 heterocycles. The monoisotopic (exact) mass is 421 g/mol. The Bertz CT molecular complexity index is 1150. The first kappa shape index (κ1) is 20.1. The molecule has 6 heteroatoms. The minimum atomic E-state index is -0.720. The molecule has 0 aromatic heterocycles. The first-order chi connectivity index (χ1) is 14.5. The SMILES string of the molecule is COCCN1C(=O)C(=O)/C(=C(/O)c2ccc(Cl)cc2)C1c1cccc2ccccc12. The van der Waals surface area contributed by atoms with Crippen LogP contribution in [0.1, 0.15) is 17.2 Å². The maximum atomic E-state index is 13.0. The molecule has 0 radical (unpaired) electrons. The highest BCUT2D eigenvalue weighted by atomic mass is 35.5. The van der Waals surface area contributed by atoms with E-state index in [4.69, 9.17) is 16.3 Å². The molecule has 5 nitrogen and oxygen atoms in total. The minimum Gasteiger partial charge on any atom is -0.507 e. The Morgan fingerprint density at radius 2 is 1.73 bits per heavy atom. The fourth-order valence-corrected chi connectivity index (χ4v) is 4.00. The van der Waals surface area contributed by atoms with Crippen molar-refractivity contribution in [1.29, 1.82) is 0 Å². The van der Waals surface area contributed by atoms with Crippen molar-refractivity contribution in [2.45, 2.75) is 6.04 Å². The van der Waals surface area contributed by atoms with E-state index in [1.807, 2.05) is 42.5 Å². The fourth-order valence-electron chi connectivity index (χ4n) is 3.88. The van der Waals surface area contributed by atoms with Gasteiger partial charge < -0.3 is 14.7 Å². The molecular weight excluding hydrogens is 402 g/mol. The number of amides is 1. The third-order valence-electron chi connectivity index (χ3n) is 5.31. The van der Waals surface area contributed by atoms with Crippen molar-refractivity contribution in [2.75, 3.05) is 20.3 Å². The molecule has 0 bridgehead atoms. The highest BCUT2D eigenvalue weighted by Gasteiger charge is 2.46. The number of aliphatic hydroxyl groups excluding tert-OH is 1. The van der Waals surface area contributed by atoms with Crippen molar-refractivity contribution in [1.82, 2.24) is 4.90 Å². The van der Waals surface area contributed by atoms with E-state index >= 15 is 0 Å². The lowest BCUT2D eigenvalue weighted by atomic mass is 9.91. The van der Waals surface area contributed by atoms with Crippen LogP contribution in [0.2, 0.25) is 5.02 Å². The van der Waals surface area contributed by atoms with Crippen LogP contribution in [-0.4, -0.2) is 42.0 Å². The van der Waals surface area contributed by atoms with Gasteiger partial charge in [-0.1, -0.05) is 54.1 Å². The lowest BCUT2D eigenvalue weighted by Gasteiger charge is -2.26. The maximum absolute atomic E-state index is 13.0. The second kappa shape index (κ2) is 8.30. The Kier molecular flexibility index (Phi) is 5.57. The van der Waals surface area contributed by atoms with E-state index in [1.165, 1.54) is 12.0 Å². The number of rotatable bonds is 5. The lowest BCUT2D eigenvalue weighted by Crippen LogP contribution is -2.32. The van der Waals surface area contributed by atoms with Gasteiger partial charge in [-0.2, -0.15) is 0 Å². The Labute approximate surface area is 179 Å². The van der Waals surface area contributed by atoms with Crippen molar-refractivity contribution in [3.8, 4) is 0 Å². The standard InChI is InChI=1S/C24H20ClNO4/c1-30-14-13-26-21(19-8-4-6-15-5-2-3-7-18(15)19)20(23(28)24(26)29)22(27)16-9-11-17(25)12-10-16/h2-12,21,27H,13-14H2,1H3/b22-20+. The van der Waals surface area contributed by atoms with E-state index in [0.717, 1.165) is 16.3 Å². The summed E-state index contributed by atoms with van der Waals surface area (Å²) in [5, 5.41) is 13.5. The number of halogens is 1. The number of carbonyl (C=O) groups is 2. The molecule has 152 valence electrons. The number of carbonyl (C=O) groups excluding carboxylic acids is 2. The normalized spacial score (nSPS) is 18.3. The molecule has 30 heavy (non-hydrogen) atoms. The van der Waals surface area contributed by atoms with Gasteiger partial charge in [0.25, 0.3) is 11.7 Å². The third-order valence-corrected chi connectivity index (χ3v) is 5.56. The van der Waals surface area contributed by atoms with E-state index in [2.05, 4.69) is 0 Å². The predicted molar refractivity (Wildman–Crippen MR) is 116 cm³/mol. The molecule has 1 fully saturated rings. The van der Waals surface area contributed by atoms with Crippen molar-refractivity contribution in [3.63, 3.8) is 0 Å². The predicted octanol–water partition coefficient (Wildman–Crippen LogP) is 4.56. The number of hydrogen-bond acceptors (Lipinski definition) is 4. The summed E-state index contributed by atoms with van der Waals surface area (Å²) < 4.78 is 5.15. The number of likely N-dealkylation sites (tertiary alicyclic amines) is 1. The van der Waals surface area contributed by atoms with E-state index in [-0.39, 0.29) is 24.5 Å². The van der Waals surface area contributed by atoms with Crippen LogP contribution in [-0.2, 0) is 14.3 Å². The molecule has 0 saturated carbocycles. The first-order valence-electron chi connectivity index (χ1n) is 9.54. The van der Waals surface area contributed by atoms with Gasteiger partial charge in [-0.05, 0) is 40.6 Å². The van der Waals surface area contributed by atoms with Crippen LogP contribution in [0.25, 0.3) is 16.5 Å². The number of hydrogen-bond donors (Lipinski definition) is 1. The average Bonchev–Trinajstić information content (AvgIpc) is 3.02. The van der Waals surface area contributed by atoms with Gasteiger partial charge in [0.15, 0.2) is 0 Å². The summed E-state index contributed by atoms with van der Waals surface area (Å²) in [4.78, 5) is 27.4. The summed E-state index contributed by atoms with van der Waals surface area (Å²) in [6, 6.07) is 19.3. The molecule has 0 aliphatic carbocycles. The third kappa shape index (κ3) is 3.47. The van der Waals surface area contributed by atoms with Crippen LogP contribution < -0.4 is 0 Å². The number of nitrogens with zero attached hydrogens (tertiary/aromatic N) is 1. The van der Waals surface area contributed by atoms with Gasteiger partial charge in [-0.3, -0.25) is 9.59 Å². The van der Waals surface area contributed by atoms with Crippen LogP contribution >= 0.6 is 11.6 Å². The Hall–Kier alpha value is -3.15. The summed E-state index contributed by atoms with van der Waals surface area (Å²) in [7, 11) is 1.54. The average molecular weight is 422 g/mol. The zero-order chi connectivity index (χ0) is 21.3. The lowest BCUT2D eigenvalue weighted by molar-refractivity contribution is -0.140. The van der Waals surface area contributed by atoms with Crippen molar-refractivity contribution in [2.24, 2.45) is 0 Å². The molecule has 1 saturated heterocycles. The second-order valence-electron chi connectivity index (χ2n) is 7.06. The van der Waals surface area contributed by atoms with E-state index in [0.29, 0.717) is 10.6 Å². The second-order valence-corrected chi connectivity index (χ2v) is 7.50. The van der Waals surface area contributed by atoms with E-state index < -0.39 is 17.7 Å². The number of fused-ring (bicyclic) bond motifs is 1. The maximum Gasteiger partial charge on any atom is 0.295 e. The quantitative estimate of drug-likeness (QED) is 0.372. The molecule has 4 rings (SSSR count). The molecule has 1 aliphatic rings. The zero-order valence-corrected chi connectivity index (χ0v) is 17.1. The van der Waals surface area contributed by atoms with Crippen LogP contribution in [0, 0.1) is 0 Å². The van der Waals surface area contributed by atoms with Crippen LogP contribution in [0.15, 0.2) is 72.3 Å². The molecule has 1 N–H and O–H groups in total. The summed E-state index contributed by atoms with van der Waals surface area (Å²) in [5.74, 6) is -1.58. The topological polar surface area (TPSA) is 66.8 Å². The Morgan fingerprint density at radius 3 is 2.47 bits per heavy atom. The van der Waals surface area contributed by atoms with Gasteiger partial charge in [0.05, 0.1) is 18.2 Å². The number of methoxy groups -OCH3 is 1. The largest absolute Gasteiger partial charge is 0.507 e. The summed E-state index contributed by atoms with van der Waals surface area (Å²) >= 11 is 5.96. The molecule has 1 unspecified atom stereocenters. The highest BCUT2D eigenvalue weighted by molar-refractivity contribution is 6.46. The number of Topliss-reactive ketones (excluding diaryl/α,β-unsaturated/α-hetero) is 1. The van der Waals surface area contributed by atoms with Gasteiger partial charge >= 0.3 is 0 Å². The van der Waals surface area contributed by atoms with E-state index in [9.17, 15) is 14.7 Å². The fraction of sp³-hybridized carbons (Fsp3) is 0.167. The van der Waals surface area contributed by atoms with Crippen molar-refractivity contribution < 1.29 is 19.4 Å². The first-order valence-corrected chi connectivity index (χ1v) is 9.91. The van der Waals surface area contributed by atoms with Gasteiger partial charge in [0.1, 0.15) is 5.76 Å². The molecule has 1 atom stereocenters. The minimum absolute atomic E-state index is 0.0646. The molecule has 1 aliphatic heterocycles. The highest BCUT2D eigenvalue weighted by Crippen LogP contribution is 2.41. The molecule has 1 amide bonds. The van der Waals surface area contributed by atoms with Crippen LogP contribution in [0.3, 0.4) is 0 Å². The van der Waals surface area contributed by atoms with Crippen molar-refractivity contribution >= 4 is 39.8 Å². The molecule has 3 aromatic rings. The van der Waals surface area contributed by atoms with Gasteiger partial charge in [0.2, 0.25) is 0 Å². The number of ether oxygens (including phenoxy) is 1. The van der Waals surface area contributed by atoms with Crippen LogP contribution in [0.5, 0.6) is 0 Å². The number of aliphatic hydroxyl groups is 1. The van der Waals surface area contributed by atoms with E-state index in [1.54, 1.807) is 24.3 Å². The van der Waals surface area contributed by atoms with Crippen LogP contribution in [0.4, 0.5) is 0 Å².